The van der Waals surface area contributed by atoms with Crippen molar-refractivity contribution >= 4 is 0 Å². The zero-order valence-corrected chi connectivity index (χ0v) is 11.9. The van der Waals surface area contributed by atoms with Crippen LogP contribution in [-0.2, 0) is 0 Å². The molecule has 0 unspecified atom stereocenters. The maximum Gasteiger partial charge on any atom is 0.125 e. The quantitative estimate of drug-likeness (QED) is 0.250. The SMILES string of the molecule is C1C[NH2+]CC[NH2+]CC[NH2+]CC[NH2+]CC[NH2+]CC[NH2+]1. The van der Waals surface area contributed by atoms with Gasteiger partial charge in [0.2, 0.25) is 0 Å². The maximum absolute atomic E-state index is 2.46. The third-order valence-electron chi connectivity index (χ3n) is 3.45. The van der Waals surface area contributed by atoms with Crippen molar-refractivity contribution in [3.63, 3.8) is 0 Å². The van der Waals surface area contributed by atoms with E-state index in [1.54, 1.807) is 0 Å². The van der Waals surface area contributed by atoms with Gasteiger partial charge in [-0.15, -0.1) is 0 Å². The molecule has 1 rings (SSSR count). The zero-order valence-electron chi connectivity index (χ0n) is 11.9. The van der Waals surface area contributed by atoms with Crippen molar-refractivity contribution < 1.29 is 31.9 Å². The minimum atomic E-state index is 1.27. The lowest BCUT2D eigenvalue weighted by Gasteiger charge is -2.04. The second-order valence-electron chi connectivity index (χ2n) is 5.20. The highest BCUT2D eigenvalue weighted by Crippen LogP contribution is 1.41. The molecule has 1 heterocycles. The molecule has 6 nitrogen and oxygen atoms in total. The number of rotatable bonds is 0. The first-order valence-electron chi connectivity index (χ1n) is 7.90. The summed E-state index contributed by atoms with van der Waals surface area (Å²) < 4.78 is 0. The molecular weight excluding hydrogens is 228 g/mol. The van der Waals surface area contributed by atoms with Crippen molar-refractivity contribution in [2.45, 2.75) is 0 Å². The number of quaternary nitrogens is 6. The molecule has 0 aromatic heterocycles. The molecule has 1 aliphatic heterocycles. The Labute approximate surface area is 111 Å². The van der Waals surface area contributed by atoms with Crippen LogP contribution in [0.2, 0.25) is 0 Å². The third-order valence-corrected chi connectivity index (χ3v) is 3.45. The van der Waals surface area contributed by atoms with Crippen LogP contribution in [0, 0.1) is 0 Å². The largest absolute Gasteiger partial charge is 0.337 e. The molecule has 1 saturated heterocycles. The Morgan fingerprint density at radius 2 is 0.333 bits per heavy atom. The average molecular weight is 264 g/mol. The Morgan fingerprint density at radius 3 is 0.444 bits per heavy atom. The average Bonchev–Trinajstić information content (AvgIpc) is 2.39. The number of hydrogen-bond acceptors (Lipinski definition) is 0. The van der Waals surface area contributed by atoms with E-state index in [2.05, 4.69) is 31.9 Å². The molecule has 0 aromatic rings. The van der Waals surface area contributed by atoms with E-state index in [0.717, 1.165) is 0 Å². The molecule has 0 saturated carbocycles. The first-order chi connectivity index (χ1) is 9.00. The van der Waals surface area contributed by atoms with Gasteiger partial charge in [0.05, 0.1) is 0 Å². The predicted octanol–water partition coefficient (Wildman–Crippen LogP) is -8.62. The lowest BCUT2D eigenvalue weighted by atomic mass is 10.4. The number of hydrogen-bond donors (Lipinski definition) is 6. The minimum absolute atomic E-state index is 1.27. The molecule has 0 amide bonds. The van der Waals surface area contributed by atoms with Crippen LogP contribution in [0.15, 0.2) is 0 Å². The lowest BCUT2D eigenvalue weighted by Crippen LogP contribution is -3.04. The van der Waals surface area contributed by atoms with Crippen molar-refractivity contribution in [3.05, 3.63) is 0 Å². The second kappa shape index (κ2) is 13.2. The molecule has 108 valence electrons. The van der Waals surface area contributed by atoms with Crippen LogP contribution < -0.4 is 31.9 Å². The Balaban J connectivity index is 2.00. The van der Waals surface area contributed by atoms with Gasteiger partial charge in [0.15, 0.2) is 0 Å². The van der Waals surface area contributed by atoms with E-state index >= 15 is 0 Å². The highest BCUT2D eigenvalue weighted by Gasteiger charge is 2.00. The van der Waals surface area contributed by atoms with E-state index in [4.69, 9.17) is 0 Å². The first kappa shape index (κ1) is 15.8. The molecule has 1 aliphatic rings. The molecule has 12 N–H and O–H groups in total. The van der Waals surface area contributed by atoms with Crippen LogP contribution in [0.5, 0.6) is 0 Å². The number of nitrogens with two attached hydrogens (primary N) is 6. The Bertz CT molecular complexity index is 91.6. The smallest absolute Gasteiger partial charge is 0.125 e. The predicted molar refractivity (Wildman–Crippen MR) is 70.0 cm³/mol. The highest BCUT2D eigenvalue weighted by molar-refractivity contribution is 4.24. The topological polar surface area (TPSA) is 99.7 Å². The van der Waals surface area contributed by atoms with E-state index in [-0.39, 0.29) is 0 Å². The van der Waals surface area contributed by atoms with Gasteiger partial charge in [-0.3, -0.25) is 0 Å². The molecular formula is C12H36N6+6. The lowest BCUT2D eigenvalue weighted by molar-refractivity contribution is -0.787. The van der Waals surface area contributed by atoms with Crippen LogP contribution >= 0.6 is 0 Å². The van der Waals surface area contributed by atoms with E-state index in [1.807, 2.05) is 0 Å². The van der Waals surface area contributed by atoms with Crippen LogP contribution in [0.25, 0.3) is 0 Å². The van der Waals surface area contributed by atoms with Gasteiger partial charge in [-0.05, 0) is 0 Å². The summed E-state index contributed by atoms with van der Waals surface area (Å²) in [5.74, 6) is 0. The Morgan fingerprint density at radius 1 is 0.222 bits per heavy atom. The standard InChI is InChI=1S/C12H30N6/c1-2-14-5-6-16-9-10-18-12-11-17-8-7-15-4-3-13-1/h13-18H,1-12H2/p+6. The van der Waals surface area contributed by atoms with E-state index < -0.39 is 0 Å². The normalized spacial score (nSPS) is 24.0. The second-order valence-corrected chi connectivity index (χ2v) is 5.20. The summed E-state index contributed by atoms with van der Waals surface area (Å²) >= 11 is 0. The van der Waals surface area contributed by atoms with Gasteiger partial charge >= 0.3 is 0 Å². The molecule has 18 heavy (non-hydrogen) atoms. The molecule has 0 spiro atoms. The fraction of sp³-hybridized carbons (Fsp3) is 1.00. The summed E-state index contributed by atoms with van der Waals surface area (Å²) in [5, 5.41) is 14.7. The molecule has 6 heteroatoms. The molecule has 1 fully saturated rings. The van der Waals surface area contributed by atoms with Crippen molar-refractivity contribution in [1.82, 2.24) is 0 Å². The van der Waals surface area contributed by atoms with Crippen LogP contribution in [0.4, 0.5) is 0 Å². The van der Waals surface area contributed by atoms with E-state index in [0.29, 0.717) is 0 Å². The van der Waals surface area contributed by atoms with Gasteiger partial charge in [0, 0.05) is 0 Å². The van der Waals surface area contributed by atoms with E-state index in [9.17, 15) is 0 Å². The van der Waals surface area contributed by atoms with Crippen molar-refractivity contribution in [2.75, 3.05) is 78.5 Å². The summed E-state index contributed by atoms with van der Waals surface area (Å²) in [6.45, 7) is 15.3. The van der Waals surface area contributed by atoms with Gasteiger partial charge in [-0.1, -0.05) is 0 Å². The van der Waals surface area contributed by atoms with Crippen molar-refractivity contribution in [2.24, 2.45) is 0 Å². The molecule has 0 radical (unpaired) electrons. The molecule has 0 aromatic carbocycles. The van der Waals surface area contributed by atoms with Gasteiger partial charge < -0.3 is 31.9 Å². The van der Waals surface area contributed by atoms with Crippen LogP contribution in [0.1, 0.15) is 0 Å². The summed E-state index contributed by atoms with van der Waals surface area (Å²) in [6.07, 6.45) is 0. The Kier molecular flexibility index (Phi) is 11.6. The first-order valence-corrected chi connectivity index (χ1v) is 7.90. The molecule has 0 atom stereocenters. The summed E-state index contributed by atoms with van der Waals surface area (Å²) in [4.78, 5) is 0. The van der Waals surface area contributed by atoms with Gasteiger partial charge in [0.1, 0.15) is 78.5 Å². The van der Waals surface area contributed by atoms with Gasteiger partial charge in [0.25, 0.3) is 0 Å². The van der Waals surface area contributed by atoms with Crippen molar-refractivity contribution in [3.8, 4) is 0 Å². The molecule has 0 bridgehead atoms. The summed E-state index contributed by atoms with van der Waals surface area (Å²) in [7, 11) is 0. The zero-order chi connectivity index (χ0) is 12.7. The minimum Gasteiger partial charge on any atom is -0.337 e. The van der Waals surface area contributed by atoms with Crippen LogP contribution in [0.3, 0.4) is 0 Å². The Hall–Kier alpha value is -0.240. The van der Waals surface area contributed by atoms with Crippen molar-refractivity contribution in [1.29, 1.82) is 0 Å². The fourth-order valence-electron chi connectivity index (χ4n) is 2.28. The van der Waals surface area contributed by atoms with E-state index in [1.165, 1.54) is 78.5 Å². The van der Waals surface area contributed by atoms with Gasteiger partial charge in [-0.2, -0.15) is 0 Å². The summed E-state index contributed by atoms with van der Waals surface area (Å²) in [5.41, 5.74) is 0. The maximum atomic E-state index is 2.46. The summed E-state index contributed by atoms with van der Waals surface area (Å²) in [6, 6.07) is 0. The molecule has 0 aliphatic carbocycles. The van der Waals surface area contributed by atoms with Gasteiger partial charge in [-0.25, -0.2) is 0 Å². The highest BCUT2D eigenvalue weighted by atomic mass is 15.0. The van der Waals surface area contributed by atoms with Crippen LogP contribution in [-0.4, -0.2) is 78.5 Å². The third kappa shape index (κ3) is 10.9. The fourth-order valence-corrected chi connectivity index (χ4v) is 2.28. The monoisotopic (exact) mass is 264 g/mol.